The van der Waals surface area contributed by atoms with Crippen LogP contribution in [-0.2, 0) is 11.0 Å². The summed E-state index contributed by atoms with van der Waals surface area (Å²) in [7, 11) is 0. The Morgan fingerprint density at radius 2 is 2.05 bits per heavy atom. The minimum atomic E-state index is -4.96. The summed E-state index contributed by atoms with van der Waals surface area (Å²) < 4.78 is 38.2. The first kappa shape index (κ1) is 16.9. The maximum absolute atomic E-state index is 12.7. The number of hydrogen-bond donors (Lipinski definition) is 3. The van der Waals surface area contributed by atoms with Crippen molar-refractivity contribution >= 4 is 17.3 Å². The quantitative estimate of drug-likeness (QED) is 0.571. The van der Waals surface area contributed by atoms with Gasteiger partial charge in [0.2, 0.25) is 0 Å². The van der Waals surface area contributed by atoms with E-state index in [1.807, 2.05) is 5.32 Å². The highest BCUT2D eigenvalue weighted by atomic mass is 19.4. The largest absolute Gasteiger partial charge is 0.423 e. The van der Waals surface area contributed by atoms with Crippen molar-refractivity contribution in [3.05, 3.63) is 33.9 Å². The van der Waals surface area contributed by atoms with Gasteiger partial charge in [0.1, 0.15) is 5.56 Å². The van der Waals surface area contributed by atoms with Gasteiger partial charge in [0.15, 0.2) is 5.60 Å². The van der Waals surface area contributed by atoms with Gasteiger partial charge in [-0.1, -0.05) is 0 Å². The molecule has 21 heavy (non-hydrogen) atoms. The lowest BCUT2D eigenvalue weighted by Gasteiger charge is -2.20. The number of amides is 1. The highest BCUT2D eigenvalue weighted by molar-refractivity contribution is 5.97. The van der Waals surface area contributed by atoms with E-state index >= 15 is 0 Å². The molecule has 1 aromatic carbocycles. The van der Waals surface area contributed by atoms with E-state index in [1.54, 1.807) is 0 Å². The number of halogens is 3. The normalized spacial score (nSPS) is 14.4. The fourth-order valence-electron chi connectivity index (χ4n) is 1.36. The zero-order valence-electron chi connectivity index (χ0n) is 10.8. The van der Waals surface area contributed by atoms with Gasteiger partial charge in [-0.15, -0.1) is 0 Å². The smallest absolute Gasteiger partial charge is 0.379 e. The molecule has 0 heterocycles. The van der Waals surface area contributed by atoms with E-state index in [1.165, 1.54) is 0 Å². The third-order valence-electron chi connectivity index (χ3n) is 2.64. The number of rotatable bonds is 4. The van der Waals surface area contributed by atoms with E-state index in [0.29, 0.717) is 12.1 Å². The van der Waals surface area contributed by atoms with Gasteiger partial charge in [-0.25, -0.2) is 0 Å². The predicted molar refractivity (Wildman–Crippen MR) is 66.4 cm³/mol. The second kappa shape index (κ2) is 5.66. The standard InChI is InChI=1S/C11H12F3N3O4/c1-10(19,5-15)9(18)16-6-2-3-8(17(20)21)7(4-6)11(12,13)14/h2-4,19H,5,15H2,1H3,(H,16,18). The van der Waals surface area contributed by atoms with Crippen LogP contribution in [0, 0.1) is 10.1 Å². The number of aliphatic hydroxyl groups is 1. The summed E-state index contributed by atoms with van der Waals surface area (Å²) in [5, 5.41) is 22.1. The summed E-state index contributed by atoms with van der Waals surface area (Å²) >= 11 is 0. The summed E-state index contributed by atoms with van der Waals surface area (Å²) in [5.74, 6) is -1.02. The number of nitro benzene ring substituents is 1. The summed E-state index contributed by atoms with van der Waals surface area (Å²) in [6.07, 6.45) is -4.96. The van der Waals surface area contributed by atoms with Crippen LogP contribution >= 0.6 is 0 Å². The van der Waals surface area contributed by atoms with Crippen molar-refractivity contribution in [1.82, 2.24) is 0 Å². The van der Waals surface area contributed by atoms with Crippen LogP contribution in [0.1, 0.15) is 12.5 Å². The van der Waals surface area contributed by atoms with Crippen molar-refractivity contribution in [2.45, 2.75) is 18.7 Å². The van der Waals surface area contributed by atoms with Gasteiger partial charge in [0, 0.05) is 18.3 Å². The molecule has 0 saturated heterocycles. The lowest BCUT2D eigenvalue weighted by Crippen LogP contribution is -2.46. The third kappa shape index (κ3) is 3.89. The molecule has 1 unspecified atom stereocenters. The molecule has 4 N–H and O–H groups in total. The van der Waals surface area contributed by atoms with Crippen LogP contribution < -0.4 is 11.1 Å². The molecule has 1 atom stereocenters. The topological polar surface area (TPSA) is 118 Å². The molecule has 0 bridgehead atoms. The average Bonchev–Trinajstić information content (AvgIpc) is 2.37. The van der Waals surface area contributed by atoms with Crippen molar-refractivity contribution in [3.63, 3.8) is 0 Å². The molecule has 1 amide bonds. The molecule has 1 rings (SSSR count). The van der Waals surface area contributed by atoms with Crippen molar-refractivity contribution in [2.75, 3.05) is 11.9 Å². The second-order valence-electron chi connectivity index (χ2n) is 4.42. The maximum Gasteiger partial charge on any atom is 0.423 e. The molecule has 0 aliphatic rings. The van der Waals surface area contributed by atoms with Gasteiger partial charge >= 0.3 is 6.18 Å². The number of anilines is 1. The number of carbonyl (C=O) groups excluding carboxylic acids is 1. The summed E-state index contributed by atoms with van der Waals surface area (Å²) in [6, 6.07) is 1.97. The molecule has 0 aromatic heterocycles. The summed E-state index contributed by atoms with van der Waals surface area (Å²) in [5.41, 5.74) is 0.195. The predicted octanol–water partition coefficient (Wildman–Crippen LogP) is 1.26. The van der Waals surface area contributed by atoms with Gasteiger partial charge in [-0.3, -0.25) is 14.9 Å². The molecule has 116 valence electrons. The van der Waals surface area contributed by atoms with Crippen LogP contribution in [0.15, 0.2) is 18.2 Å². The Hall–Kier alpha value is -2.20. The molecular weight excluding hydrogens is 295 g/mol. The molecule has 0 aliphatic carbocycles. The van der Waals surface area contributed by atoms with E-state index in [4.69, 9.17) is 5.73 Å². The van der Waals surface area contributed by atoms with Crippen molar-refractivity contribution in [2.24, 2.45) is 5.73 Å². The number of nitrogens with two attached hydrogens (primary N) is 1. The van der Waals surface area contributed by atoms with Gasteiger partial charge in [0.25, 0.3) is 11.6 Å². The van der Waals surface area contributed by atoms with Crippen LogP contribution in [0.2, 0.25) is 0 Å². The maximum atomic E-state index is 12.7. The van der Waals surface area contributed by atoms with E-state index in [-0.39, 0.29) is 5.69 Å². The Bertz CT molecular complexity index is 572. The minimum Gasteiger partial charge on any atom is -0.379 e. The Morgan fingerprint density at radius 1 is 1.48 bits per heavy atom. The molecule has 0 radical (unpaired) electrons. The number of hydrogen-bond acceptors (Lipinski definition) is 5. The highest BCUT2D eigenvalue weighted by Crippen LogP contribution is 2.37. The van der Waals surface area contributed by atoms with Crippen LogP contribution in [0.3, 0.4) is 0 Å². The molecule has 0 spiro atoms. The van der Waals surface area contributed by atoms with Gasteiger partial charge in [-0.2, -0.15) is 13.2 Å². The Labute approximate surface area is 116 Å². The fourth-order valence-corrected chi connectivity index (χ4v) is 1.36. The number of nitrogens with one attached hydrogen (secondary N) is 1. The fraction of sp³-hybridized carbons (Fsp3) is 0.364. The summed E-state index contributed by atoms with van der Waals surface area (Å²) in [6.45, 7) is 0.635. The second-order valence-corrected chi connectivity index (χ2v) is 4.42. The zero-order chi connectivity index (χ0) is 16.4. The van der Waals surface area contributed by atoms with E-state index in [2.05, 4.69) is 0 Å². The molecule has 1 aromatic rings. The lowest BCUT2D eigenvalue weighted by molar-refractivity contribution is -0.388. The van der Waals surface area contributed by atoms with Gasteiger partial charge in [0.05, 0.1) is 4.92 Å². The molecule has 10 heteroatoms. The molecule has 0 fully saturated rings. The molecular formula is C11H12F3N3O4. The van der Waals surface area contributed by atoms with Crippen LogP contribution in [0.5, 0.6) is 0 Å². The number of nitrogens with zero attached hydrogens (tertiary/aromatic N) is 1. The Kier molecular flexibility index (Phi) is 4.54. The van der Waals surface area contributed by atoms with Crippen LogP contribution in [0.25, 0.3) is 0 Å². The SMILES string of the molecule is CC(O)(CN)C(=O)Nc1ccc([N+](=O)[O-])c(C(F)(F)F)c1. The molecule has 7 nitrogen and oxygen atoms in total. The molecule has 0 saturated carbocycles. The third-order valence-corrected chi connectivity index (χ3v) is 2.64. The summed E-state index contributed by atoms with van der Waals surface area (Å²) in [4.78, 5) is 21.0. The van der Waals surface area contributed by atoms with Gasteiger partial charge in [-0.05, 0) is 19.1 Å². The monoisotopic (exact) mass is 307 g/mol. The molecule has 0 aliphatic heterocycles. The first-order valence-corrected chi connectivity index (χ1v) is 5.58. The van der Waals surface area contributed by atoms with Crippen molar-refractivity contribution in [1.29, 1.82) is 0 Å². The van der Waals surface area contributed by atoms with E-state index < -0.39 is 40.4 Å². The van der Waals surface area contributed by atoms with Gasteiger partial charge < -0.3 is 16.2 Å². The number of alkyl halides is 3. The zero-order valence-corrected chi connectivity index (χ0v) is 10.8. The Morgan fingerprint density at radius 3 is 2.48 bits per heavy atom. The first-order valence-electron chi connectivity index (χ1n) is 5.58. The van der Waals surface area contributed by atoms with Crippen molar-refractivity contribution < 1.29 is 28.0 Å². The van der Waals surface area contributed by atoms with E-state index in [9.17, 15) is 33.2 Å². The lowest BCUT2D eigenvalue weighted by atomic mass is 10.1. The average molecular weight is 307 g/mol. The van der Waals surface area contributed by atoms with Crippen LogP contribution in [-0.4, -0.2) is 28.1 Å². The highest BCUT2D eigenvalue weighted by Gasteiger charge is 2.39. The minimum absolute atomic E-state index is 0.341. The Balaban J connectivity index is 3.18. The number of carbonyl (C=O) groups is 1. The van der Waals surface area contributed by atoms with E-state index in [0.717, 1.165) is 13.0 Å². The van der Waals surface area contributed by atoms with Crippen molar-refractivity contribution in [3.8, 4) is 0 Å². The number of benzene rings is 1. The van der Waals surface area contributed by atoms with Crippen LogP contribution in [0.4, 0.5) is 24.5 Å². The number of nitro groups is 1. The first-order chi connectivity index (χ1) is 9.49.